The van der Waals surface area contributed by atoms with Crippen LogP contribution in [0.25, 0.3) is 10.8 Å². The Morgan fingerprint density at radius 3 is 2.10 bits per heavy atom. The molecule has 0 saturated heterocycles. The Bertz CT molecular complexity index is 530. The number of aryl methyl sites for hydroxylation is 2. The molecule has 21 heavy (non-hydrogen) atoms. The molecule has 0 radical (unpaired) electrons. The molecular weight excluding hydrogens is 263 g/mol. The summed E-state index contributed by atoms with van der Waals surface area (Å²) in [6, 6.07) is 13.6. The zero-order chi connectivity index (χ0) is 14.2. The Morgan fingerprint density at radius 2 is 1.38 bits per heavy atom. The van der Waals surface area contributed by atoms with E-state index in [-0.39, 0.29) is 29.6 Å². The predicted octanol–water partition coefficient (Wildman–Crippen LogP) is 5.66. The third-order valence-electron chi connectivity index (χ3n) is 4.22. The van der Waals surface area contributed by atoms with Crippen LogP contribution in [-0.4, -0.2) is 29.6 Å². The molecule has 0 atom stereocenters. The van der Waals surface area contributed by atoms with Gasteiger partial charge in [-0.05, 0) is 47.6 Å². The van der Waals surface area contributed by atoms with Gasteiger partial charge < -0.3 is 0 Å². The van der Waals surface area contributed by atoms with E-state index in [1.54, 1.807) is 11.1 Å². The van der Waals surface area contributed by atoms with Crippen molar-refractivity contribution in [2.24, 2.45) is 0 Å². The van der Waals surface area contributed by atoms with Crippen molar-refractivity contribution in [1.29, 1.82) is 0 Å². The average Bonchev–Trinajstić information content (AvgIpc) is 2.49. The van der Waals surface area contributed by atoms with Gasteiger partial charge in [-0.3, -0.25) is 0 Å². The summed E-state index contributed by atoms with van der Waals surface area (Å²) in [5.41, 5.74) is 3.21. The SMILES string of the molecule is CCCCCc1ccc2ccccc2c1CCCCC.[NaH]. The molecule has 0 nitrogen and oxygen atoms in total. The van der Waals surface area contributed by atoms with E-state index in [2.05, 4.69) is 50.2 Å². The van der Waals surface area contributed by atoms with E-state index in [4.69, 9.17) is 0 Å². The fraction of sp³-hybridized carbons (Fsp3) is 0.500. The average molecular weight is 292 g/mol. The summed E-state index contributed by atoms with van der Waals surface area (Å²) >= 11 is 0. The van der Waals surface area contributed by atoms with Crippen LogP contribution >= 0.6 is 0 Å². The molecule has 0 amide bonds. The van der Waals surface area contributed by atoms with E-state index in [1.165, 1.54) is 62.1 Å². The predicted molar refractivity (Wildman–Crippen MR) is 97.6 cm³/mol. The Labute approximate surface area is 152 Å². The third kappa shape index (κ3) is 5.43. The molecule has 110 valence electrons. The quantitative estimate of drug-likeness (QED) is 0.435. The van der Waals surface area contributed by atoms with Crippen LogP contribution in [0.15, 0.2) is 36.4 Å². The first-order valence-electron chi connectivity index (χ1n) is 8.36. The van der Waals surface area contributed by atoms with Crippen molar-refractivity contribution >= 4 is 40.3 Å². The summed E-state index contributed by atoms with van der Waals surface area (Å²) in [7, 11) is 0. The van der Waals surface area contributed by atoms with E-state index in [0.717, 1.165) is 0 Å². The molecular formula is C20H29Na. The molecule has 1 heteroatoms. The van der Waals surface area contributed by atoms with Gasteiger partial charge in [0, 0.05) is 0 Å². The molecule has 0 aromatic heterocycles. The van der Waals surface area contributed by atoms with Gasteiger partial charge in [0.2, 0.25) is 0 Å². The second-order valence-electron chi connectivity index (χ2n) is 5.84. The second-order valence-corrected chi connectivity index (χ2v) is 5.84. The van der Waals surface area contributed by atoms with Crippen LogP contribution in [0, 0.1) is 0 Å². The van der Waals surface area contributed by atoms with Gasteiger partial charge in [0.05, 0.1) is 0 Å². The molecule has 0 aliphatic carbocycles. The summed E-state index contributed by atoms with van der Waals surface area (Å²) in [6.45, 7) is 4.56. The topological polar surface area (TPSA) is 0 Å². The molecule has 0 saturated carbocycles. The normalized spacial score (nSPS) is 10.6. The molecule has 0 heterocycles. The van der Waals surface area contributed by atoms with Crippen molar-refractivity contribution in [3.8, 4) is 0 Å². The fourth-order valence-corrected chi connectivity index (χ4v) is 3.03. The second kappa shape index (κ2) is 10.4. The molecule has 0 N–H and O–H groups in total. The molecule has 0 aliphatic heterocycles. The van der Waals surface area contributed by atoms with Crippen molar-refractivity contribution in [2.75, 3.05) is 0 Å². The number of rotatable bonds is 8. The standard InChI is InChI=1S/C20H28.Na.H/c1-3-5-7-11-17-15-16-18-12-9-10-14-20(18)19(17)13-8-6-4-2;;/h9-10,12,14-16H,3-8,11,13H2,1-2H3;;. The first kappa shape index (κ1) is 18.7. The Balaban J connectivity index is 0.00000220. The molecule has 2 rings (SSSR count). The Morgan fingerprint density at radius 1 is 0.714 bits per heavy atom. The Kier molecular flexibility index (Phi) is 9.31. The molecule has 0 fully saturated rings. The van der Waals surface area contributed by atoms with Crippen molar-refractivity contribution in [2.45, 2.75) is 65.2 Å². The molecule has 2 aromatic rings. The summed E-state index contributed by atoms with van der Waals surface area (Å²) in [4.78, 5) is 0. The summed E-state index contributed by atoms with van der Waals surface area (Å²) in [5.74, 6) is 0. The first-order valence-corrected chi connectivity index (χ1v) is 8.36. The van der Waals surface area contributed by atoms with Crippen LogP contribution < -0.4 is 0 Å². The Hall–Kier alpha value is -0.300. The van der Waals surface area contributed by atoms with E-state index < -0.39 is 0 Å². The zero-order valence-corrected chi connectivity index (χ0v) is 13.1. The number of unbranched alkanes of at least 4 members (excludes halogenated alkanes) is 4. The van der Waals surface area contributed by atoms with Crippen LogP contribution in [0.4, 0.5) is 0 Å². The van der Waals surface area contributed by atoms with E-state index in [0.29, 0.717) is 0 Å². The summed E-state index contributed by atoms with van der Waals surface area (Å²) < 4.78 is 0. The first-order chi connectivity index (χ1) is 9.86. The van der Waals surface area contributed by atoms with Crippen molar-refractivity contribution in [1.82, 2.24) is 0 Å². The van der Waals surface area contributed by atoms with Gasteiger partial charge in [0.1, 0.15) is 0 Å². The maximum atomic E-state index is 2.37. The minimum atomic E-state index is 0. The maximum absolute atomic E-state index is 2.37. The van der Waals surface area contributed by atoms with Crippen LogP contribution in [0.2, 0.25) is 0 Å². The van der Waals surface area contributed by atoms with E-state index >= 15 is 0 Å². The van der Waals surface area contributed by atoms with Crippen LogP contribution in [-0.2, 0) is 12.8 Å². The van der Waals surface area contributed by atoms with Crippen molar-refractivity contribution < 1.29 is 0 Å². The zero-order valence-electron chi connectivity index (χ0n) is 13.1. The van der Waals surface area contributed by atoms with Gasteiger partial charge in [0.15, 0.2) is 0 Å². The fourth-order valence-electron chi connectivity index (χ4n) is 3.03. The number of benzene rings is 2. The van der Waals surface area contributed by atoms with Gasteiger partial charge in [-0.2, -0.15) is 0 Å². The summed E-state index contributed by atoms with van der Waals surface area (Å²) in [6.07, 6.45) is 10.4. The minimum absolute atomic E-state index is 0. The van der Waals surface area contributed by atoms with Crippen LogP contribution in [0.5, 0.6) is 0 Å². The molecule has 0 spiro atoms. The third-order valence-corrected chi connectivity index (χ3v) is 4.22. The molecule has 0 bridgehead atoms. The van der Waals surface area contributed by atoms with Gasteiger partial charge >= 0.3 is 29.6 Å². The number of hydrogen-bond donors (Lipinski definition) is 0. The van der Waals surface area contributed by atoms with Crippen molar-refractivity contribution in [3.63, 3.8) is 0 Å². The molecule has 0 unspecified atom stereocenters. The van der Waals surface area contributed by atoms with Crippen LogP contribution in [0.3, 0.4) is 0 Å². The van der Waals surface area contributed by atoms with E-state index in [1.807, 2.05) is 0 Å². The van der Waals surface area contributed by atoms with Gasteiger partial charge in [-0.1, -0.05) is 75.9 Å². The van der Waals surface area contributed by atoms with Gasteiger partial charge in [-0.15, -0.1) is 0 Å². The molecule has 2 aromatic carbocycles. The number of fused-ring (bicyclic) bond motifs is 1. The van der Waals surface area contributed by atoms with E-state index in [9.17, 15) is 0 Å². The monoisotopic (exact) mass is 292 g/mol. The molecule has 0 aliphatic rings. The van der Waals surface area contributed by atoms with Gasteiger partial charge in [-0.25, -0.2) is 0 Å². The van der Waals surface area contributed by atoms with Gasteiger partial charge in [0.25, 0.3) is 0 Å². The number of hydrogen-bond acceptors (Lipinski definition) is 0. The van der Waals surface area contributed by atoms with Crippen molar-refractivity contribution in [3.05, 3.63) is 47.5 Å². The summed E-state index contributed by atoms with van der Waals surface area (Å²) in [5, 5.41) is 2.89. The van der Waals surface area contributed by atoms with Crippen LogP contribution in [0.1, 0.15) is 63.5 Å².